The van der Waals surface area contributed by atoms with E-state index >= 15 is 0 Å². The number of carbonyl (C=O) groups is 1. The van der Waals surface area contributed by atoms with Gasteiger partial charge in [-0.2, -0.15) is 5.10 Å². The predicted octanol–water partition coefficient (Wildman–Crippen LogP) is 3.55. The molecule has 1 aliphatic carbocycles. The van der Waals surface area contributed by atoms with Crippen LogP contribution in [0.5, 0.6) is 0 Å². The molecule has 2 aromatic rings. The Morgan fingerprint density at radius 3 is 2.72 bits per heavy atom. The molecule has 3 rings (SSSR count). The first-order valence-electron chi connectivity index (χ1n) is 7.76. The average molecular weight is 350 g/mol. The summed E-state index contributed by atoms with van der Waals surface area (Å²) in [6, 6.07) is 5.45. The molecule has 0 aliphatic heterocycles. The summed E-state index contributed by atoms with van der Waals surface area (Å²) in [5.74, 6) is -0.253. The smallest absolute Gasteiger partial charge is 0.282 e. The van der Waals surface area contributed by atoms with Crippen molar-refractivity contribution in [2.45, 2.75) is 38.7 Å². The van der Waals surface area contributed by atoms with Crippen LogP contribution in [0, 0.1) is 17.0 Å². The van der Waals surface area contributed by atoms with E-state index in [9.17, 15) is 23.7 Å². The highest BCUT2D eigenvalue weighted by Crippen LogP contribution is 2.41. The molecular formula is C16H16F2N4O3. The first-order chi connectivity index (χ1) is 11.8. The Kier molecular flexibility index (Phi) is 4.47. The normalized spacial score (nSPS) is 13.9. The molecule has 132 valence electrons. The second kappa shape index (κ2) is 6.58. The van der Waals surface area contributed by atoms with Gasteiger partial charge in [-0.25, -0.2) is 8.78 Å². The van der Waals surface area contributed by atoms with Gasteiger partial charge in [-0.15, -0.1) is 0 Å². The third-order valence-electron chi connectivity index (χ3n) is 4.04. The zero-order chi connectivity index (χ0) is 18.1. The van der Waals surface area contributed by atoms with E-state index in [1.807, 2.05) is 0 Å². The van der Waals surface area contributed by atoms with Crippen LogP contribution in [0.2, 0.25) is 0 Å². The monoisotopic (exact) mass is 350 g/mol. The molecule has 7 nitrogen and oxygen atoms in total. The minimum atomic E-state index is -2.68. The number of benzene rings is 1. The molecule has 1 heterocycles. The number of rotatable bonds is 6. The van der Waals surface area contributed by atoms with Crippen LogP contribution >= 0.6 is 0 Å². The summed E-state index contributed by atoms with van der Waals surface area (Å²) in [6.07, 6.45) is -0.881. The topological polar surface area (TPSA) is 90.1 Å². The third-order valence-corrected chi connectivity index (χ3v) is 4.04. The van der Waals surface area contributed by atoms with E-state index in [4.69, 9.17) is 0 Å². The number of alkyl halides is 2. The van der Waals surface area contributed by atoms with Gasteiger partial charge in [0, 0.05) is 29.4 Å². The van der Waals surface area contributed by atoms with Crippen LogP contribution in [0.3, 0.4) is 0 Å². The summed E-state index contributed by atoms with van der Waals surface area (Å²) in [5.41, 5.74) is 1.22. The molecule has 1 amide bonds. The number of carbonyl (C=O) groups excluding carboxylic acids is 1. The fraction of sp³-hybridized carbons (Fsp3) is 0.375. The molecule has 1 aliphatic rings. The summed E-state index contributed by atoms with van der Waals surface area (Å²) in [6.45, 7) is 1.45. The first kappa shape index (κ1) is 17.0. The largest absolute Gasteiger partial charge is 0.324 e. The first-order valence-corrected chi connectivity index (χ1v) is 7.76. The number of hydrogen-bond donors (Lipinski definition) is 1. The van der Waals surface area contributed by atoms with E-state index in [0.717, 1.165) is 12.8 Å². The highest BCUT2D eigenvalue weighted by Gasteiger charge is 2.30. The van der Waals surface area contributed by atoms with Crippen molar-refractivity contribution in [3.63, 3.8) is 0 Å². The highest BCUT2D eigenvalue weighted by atomic mass is 19.3. The molecule has 1 fully saturated rings. The molecule has 9 heteroatoms. The number of aryl methyl sites for hydroxylation is 1. The van der Waals surface area contributed by atoms with Gasteiger partial charge in [0.1, 0.15) is 12.2 Å². The number of anilines is 1. The lowest BCUT2D eigenvalue weighted by atomic mass is 10.2. The van der Waals surface area contributed by atoms with E-state index in [-0.39, 0.29) is 23.8 Å². The van der Waals surface area contributed by atoms with Gasteiger partial charge in [0.05, 0.1) is 4.92 Å². The number of nitro groups is 1. The van der Waals surface area contributed by atoms with Crippen LogP contribution in [0.1, 0.15) is 42.1 Å². The number of halogens is 2. The van der Waals surface area contributed by atoms with E-state index in [0.29, 0.717) is 16.9 Å². The fourth-order valence-corrected chi connectivity index (χ4v) is 2.62. The molecule has 0 bridgehead atoms. The maximum absolute atomic E-state index is 12.9. The number of amides is 1. The summed E-state index contributed by atoms with van der Waals surface area (Å²) >= 11 is 0. The fourth-order valence-electron chi connectivity index (χ4n) is 2.62. The molecular weight excluding hydrogens is 334 g/mol. The quantitative estimate of drug-likeness (QED) is 0.637. The molecule has 1 N–H and O–H groups in total. The number of nitro benzene ring substituents is 1. The van der Waals surface area contributed by atoms with Gasteiger partial charge in [0.25, 0.3) is 12.1 Å². The van der Waals surface area contributed by atoms with Crippen molar-refractivity contribution < 1.29 is 18.5 Å². The second-order valence-electron chi connectivity index (χ2n) is 6.03. The van der Waals surface area contributed by atoms with Crippen LogP contribution in [0.15, 0.2) is 24.3 Å². The van der Waals surface area contributed by atoms with Crippen molar-refractivity contribution in [1.82, 2.24) is 9.78 Å². The van der Waals surface area contributed by atoms with Gasteiger partial charge in [-0.3, -0.25) is 19.6 Å². The Balaban J connectivity index is 1.74. The summed E-state index contributed by atoms with van der Waals surface area (Å²) < 4.78 is 27.0. The van der Waals surface area contributed by atoms with E-state index < -0.39 is 17.3 Å². The van der Waals surface area contributed by atoms with Gasteiger partial charge in [0.15, 0.2) is 0 Å². The number of aromatic nitrogens is 2. The van der Waals surface area contributed by atoms with Crippen molar-refractivity contribution >= 4 is 17.3 Å². The summed E-state index contributed by atoms with van der Waals surface area (Å²) in [4.78, 5) is 22.5. The Bertz CT molecular complexity index is 831. The van der Waals surface area contributed by atoms with Crippen molar-refractivity contribution in [3.8, 4) is 0 Å². The average Bonchev–Trinajstić information content (AvgIpc) is 3.30. The van der Waals surface area contributed by atoms with Crippen LogP contribution < -0.4 is 5.32 Å². The number of nitrogens with zero attached hydrogens (tertiary/aromatic N) is 3. The lowest BCUT2D eigenvalue weighted by Crippen LogP contribution is -2.21. The lowest BCUT2D eigenvalue weighted by molar-refractivity contribution is -0.384. The minimum Gasteiger partial charge on any atom is -0.324 e. The SMILES string of the molecule is Cc1cc([N+](=O)[O-])ccc1NC(=O)Cn1nc(C(F)F)cc1C1CC1. The molecule has 0 atom stereocenters. The summed E-state index contributed by atoms with van der Waals surface area (Å²) in [5, 5.41) is 17.2. The molecule has 1 aromatic heterocycles. The van der Waals surface area contributed by atoms with Crippen LogP contribution in [-0.2, 0) is 11.3 Å². The number of nitrogens with one attached hydrogen (secondary N) is 1. The molecule has 1 saturated carbocycles. The van der Waals surface area contributed by atoms with Gasteiger partial charge >= 0.3 is 0 Å². The van der Waals surface area contributed by atoms with Crippen LogP contribution in [0.25, 0.3) is 0 Å². The maximum atomic E-state index is 12.9. The Morgan fingerprint density at radius 1 is 1.44 bits per heavy atom. The molecule has 0 unspecified atom stereocenters. The minimum absolute atomic E-state index is 0.0693. The second-order valence-corrected chi connectivity index (χ2v) is 6.03. The van der Waals surface area contributed by atoms with Crippen molar-refractivity contribution in [2.24, 2.45) is 0 Å². The third kappa shape index (κ3) is 3.81. The van der Waals surface area contributed by atoms with Gasteiger partial charge in [-0.05, 0) is 37.5 Å². The maximum Gasteiger partial charge on any atom is 0.282 e. The molecule has 25 heavy (non-hydrogen) atoms. The van der Waals surface area contributed by atoms with Crippen LogP contribution in [0.4, 0.5) is 20.2 Å². The van der Waals surface area contributed by atoms with E-state index in [1.165, 1.54) is 28.9 Å². The standard InChI is InChI=1S/C16H16F2N4O3/c1-9-6-11(22(24)25)4-5-12(9)19-15(23)8-21-14(10-2-3-10)7-13(20-21)16(17)18/h4-7,10,16H,2-3,8H2,1H3,(H,19,23). The van der Waals surface area contributed by atoms with E-state index in [2.05, 4.69) is 10.4 Å². The number of hydrogen-bond acceptors (Lipinski definition) is 4. The van der Waals surface area contributed by atoms with Gasteiger partial charge in [-0.1, -0.05) is 0 Å². The van der Waals surface area contributed by atoms with Gasteiger partial charge < -0.3 is 5.32 Å². The Hall–Kier alpha value is -2.84. The van der Waals surface area contributed by atoms with Crippen molar-refractivity contribution in [3.05, 3.63) is 51.3 Å². The Labute approximate surface area is 141 Å². The predicted molar refractivity (Wildman–Crippen MR) is 85.6 cm³/mol. The van der Waals surface area contributed by atoms with Crippen molar-refractivity contribution in [2.75, 3.05) is 5.32 Å². The van der Waals surface area contributed by atoms with Crippen molar-refractivity contribution in [1.29, 1.82) is 0 Å². The van der Waals surface area contributed by atoms with Gasteiger partial charge in [0.2, 0.25) is 5.91 Å². The lowest BCUT2D eigenvalue weighted by Gasteiger charge is -2.10. The zero-order valence-corrected chi connectivity index (χ0v) is 13.4. The molecule has 0 saturated heterocycles. The summed E-state index contributed by atoms with van der Waals surface area (Å²) in [7, 11) is 0. The Morgan fingerprint density at radius 2 is 2.16 bits per heavy atom. The highest BCUT2D eigenvalue weighted by molar-refractivity contribution is 5.91. The zero-order valence-electron chi connectivity index (χ0n) is 13.4. The van der Waals surface area contributed by atoms with Crippen LogP contribution in [-0.4, -0.2) is 20.6 Å². The van der Waals surface area contributed by atoms with E-state index in [1.54, 1.807) is 6.92 Å². The number of non-ortho nitro benzene ring substituents is 1. The molecule has 1 aromatic carbocycles. The molecule has 0 radical (unpaired) electrons. The molecule has 0 spiro atoms.